The number of ether oxygens (including phenoxy) is 1. The number of hydrogen-bond acceptors (Lipinski definition) is 2. The lowest BCUT2D eigenvalue weighted by Crippen LogP contribution is -2.33. The van der Waals surface area contributed by atoms with Gasteiger partial charge in [0.1, 0.15) is 22.9 Å². The molecule has 0 saturated carbocycles. The molecule has 0 bridgehead atoms. The van der Waals surface area contributed by atoms with E-state index in [4.69, 9.17) is 9.72 Å². The first-order valence-corrected chi connectivity index (χ1v) is 23.1. The van der Waals surface area contributed by atoms with Gasteiger partial charge >= 0.3 is 0 Å². The van der Waals surface area contributed by atoms with Gasteiger partial charge in [0.2, 0.25) is 0 Å². The molecule has 6 aromatic carbocycles. The van der Waals surface area contributed by atoms with Crippen LogP contribution in [-0.4, -0.2) is 14.1 Å². The molecule has 63 heavy (non-hydrogen) atoms. The van der Waals surface area contributed by atoms with Gasteiger partial charge in [-0.25, -0.2) is 4.98 Å². The summed E-state index contributed by atoms with van der Waals surface area (Å²) in [6, 6.07) is 44.2. The van der Waals surface area contributed by atoms with Crippen molar-refractivity contribution in [1.29, 1.82) is 0 Å². The van der Waals surface area contributed by atoms with E-state index in [9.17, 15) is 0 Å². The standard InChI is InChI=1S/C58H65N4O/c1-36(2)47-21-16-22-48(37(3)4)56(47)43-29-44(61-35-62(55-28-14-13-27-54(55)61)58-51(40(9)10)25-18-26-52(58)41(11)12)32-46(31-43)63-45-20-15-19-42(30-45)53-33-60(34-59-53)57-49(38(5)6)23-17-24-50(57)39(7)8/h13-41H,1-12H3/q+1. The third-order valence-corrected chi connectivity index (χ3v) is 12.6. The van der Waals surface area contributed by atoms with Crippen molar-refractivity contribution >= 4 is 11.0 Å². The van der Waals surface area contributed by atoms with Crippen LogP contribution in [0.15, 0.2) is 140 Å². The summed E-state index contributed by atoms with van der Waals surface area (Å²) in [6.45, 7) is 27.4. The van der Waals surface area contributed by atoms with E-state index in [1.807, 2.05) is 6.33 Å². The number of aromatic nitrogens is 4. The monoisotopic (exact) mass is 834 g/mol. The second kappa shape index (κ2) is 17.9. The van der Waals surface area contributed by atoms with E-state index in [1.165, 1.54) is 50.3 Å². The van der Waals surface area contributed by atoms with Crippen LogP contribution in [0.4, 0.5) is 0 Å². The first-order valence-electron chi connectivity index (χ1n) is 23.1. The zero-order valence-electron chi connectivity index (χ0n) is 39.4. The van der Waals surface area contributed by atoms with Gasteiger partial charge in [0.15, 0.2) is 11.0 Å². The third-order valence-electron chi connectivity index (χ3n) is 12.6. The number of fused-ring (bicyclic) bond motifs is 1. The van der Waals surface area contributed by atoms with E-state index in [1.54, 1.807) is 0 Å². The maximum absolute atomic E-state index is 7.01. The molecule has 2 heterocycles. The van der Waals surface area contributed by atoms with Crippen LogP contribution in [0, 0.1) is 0 Å². The summed E-state index contributed by atoms with van der Waals surface area (Å²) in [6.07, 6.45) is 6.41. The Bertz CT molecular complexity index is 2820. The van der Waals surface area contributed by atoms with Crippen LogP contribution in [0.1, 0.15) is 152 Å². The second-order valence-corrected chi connectivity index (χ2v) is 19.2. The molecule has 2 aromatic heterocycles. The minimum absolute atomic E-state index is 0.337. The predicted octanol–water partition coefficient (Wildman–Crippen LogP) is 16.0. The summed E-state index contributed by atoms with van der Waals surface area (Å²) >= 11 is 0. The summed E-state index contributed by atoms with van der Waals surface area (Å²) in [5.41, 5.74) is 18.2. The SMILES string of the molecule is CC(C)c1cccc(C(C)C)c1-c1cc(Oc2cccc(-c3cn(-c4c(C(C)C)cccc4C(C)C)cn3)c2)cc(-n2c[n+](-c3c(C(C)C)cccc3C(C)C)c3ccccc32)c1. The summed E-state index contributed by atoms with van der Waals surface area (Å²) in [4.78, 5) is 4.96. The molecular weight excluding hydrogens is 769 g/mol. The van der Waals surface area contributed by atoms with Crippen LogP contribution < -0.4 is 9.30 Å². The zero-order chi connectivity index (χ0) is 44.7. The molecule has 0 radical (unpaired) electrons. The molecule has 5 nitrogen and oxygen atoms in total. The van der Waals surface area contributed by atoms with E-state index in [2.05, 4.69) is 231 Å². The molecule has 0 unspecified atom stereocenters. The van der Waals surface area contributed by atoms with Gasteiger partial charge < -0.3 is 9.30 Å². The highest BCUT2D eigenvalue weighted by Crippen LogP contribution is 2.41. The van der Waals surface area contributed by atoms with Crippen LogP contribution in [0.3, 0.4) is 0 Å². The fourth-order valence-electron chi connectivity index (χ4n) is 9.35. The maximum atomic E-state index is 7.01. The molecule has 0 fully saturated rings. The molecule has 0 aliphatic carbocycles. The van der Waals surface area contributed by atoms with Crippen molar-refractivity contribution in [3.63, 3.8) is 0 Å². The Morgan fingerprint density at radius 1 is 0.492 bits per heavy atom. The minimum Gasteiger partial charge on any atom is -0.457 e. The first kappa shape index (κ1) is 43.4. The van der Waals surface area contributed by atoms with Gasteiger partial charge in [-0.2, -0.15) is 9.13 Å². The largest absolute Gasteiger partial charge is 0.457 e. The van der Waals surface area contributed by atoms with Crippen molar-refractivity contribution in [2.24, 2.45) is 0 Å². The highest BCUT2D eigenvalue weighted by molar-refractivity contribution is 5.79. The van der Waals surface area contributed by atoms with Gasteiger partial charge in [-0.1, -0.05) is 162 Å². The highest BCUT2D eigenvalue weighted by atomic mass is 16.5. The fraction of sp³-hybridized carbons (Fsp3) is 0.310. The molecule has 8 rings (SSSR count). The van der Waals surface area contributed by atoms with Crippen LogP contribution in [-0.2, 0) is 0 Å². The lowest BCUT2D eigenvalue weighted by molar-refractivity contribution is -0.569. The topological polar surface area (TPSA) is 35.9 Å². The van der Waals surface area contributed by atoms with E-state index >= 15 is 0 Å². The average molecular weight is 834 g/mol. The van der Waals surface area contributed by atoms with E-state index < -0.39 is 0 Å². The summed E-state index contributed by atoms with van der Waals surface area (Å²) in [5.74, 6) is 3.70. The summed E-state index contributed by atoms with van der Waals surface area (Å²) in [5, 5.41) is 0. The molecule has 0 aliphatic rings. The fourth-order valence-corrected chi connectivity index (χ4v) is 9.35. The lowest BCUT2D eigenvalue weighted by atomic mass is 9.85. The van der Waals surface area contributed by atoms with Gasteiger partial charge in [-0.05, 0) is 105 Å². The Morgan fingerprint density at radius 3 is 1.60 bits per heavy atom. The molecule has 0 spiro atoms. The number of imidazole rings is 2. The van der Waals surface area contributed by atoms with Gasteiger partial charge in [0, 0.05) is 29.0 Å². The number of benzene rings is 6. The molecule has 0 atom stereocenters. The first-order chi connectivity index (χ1) is 30.2. The summed E-state index contributed by atoms with van der Waals surface area (Å²) in [7, 11) is 0. The van der Waals surface area contributed by atoms with E-state index in [-0.39, 0.29) is 0 Å². The van der Waals surface area contributed by atoms with Crippen molar-refractivity contribution in [3.8, 4) is 50.9 Å². The Labute approximate surface area is 376 Å². The van der Waals surface area contributed by atoms with Crippen molar-refractivity contribution in [3.05, 3.63) is 174 Å². The van der Waals surface area contributed by atoms with Gasteiger partial charge in [0.25, 0.3) is 6.33 Å². The number of para-hydroxylation sites is 4. The molecule has 0 N–H and O–H groups in total. The van der Waals surface area contributed by atoms with Gasteiger partial charge in [0.05, 0.1) is 17.7 Å². The molecule has 5 heteroatoms. The summed E-state index contributed by atoms with van der Waals surface area (Å²) < 4.78 is 14.0. The maximum Gasteiger partial charge on any atom is 0.255 e. The van der Waals surface area contributed by atoms with Crippen LogP contribution in [0.5, 0.6) is 11.5 Å². The molecule has 322 valence electrons. The smallest absolute Gasteiger partial charge is 0.255 e. The second-order valence-electron chi connectivity index (χ2n) is 19.2. The normalized spacial score (nSPS) is 12.0. The minimum atomic E-state index is 0.337. The number of nitrogens with zero attached hydrogens (tertiary/aromatic N) is 4. The van der Waals surface area contributed by atoms with Crippen LogP contribution >= 0.6 is 0 Å². The number of rotatable bonds is 13. The van der Waals surface area contributed by atoms with Gasteiger partial charge in [-0.15, -0.1) is 0 Å². The average Bonchev–Trinajstić information content (AvgIpc) is 3.91. The van der Waals surface area contributed by atoms with Crippen LogP contribution in [0.25, 0.3) is 50.5 Å². The lowest BCUT2D eigenvalue weighted by Gasteiger charge is -2.21. The zero-order valence-corrected chi connectivity index (χ0v) is 39.4. The molecular formula is C58H65N4O+. The quantitative estimate of drug-likeness (QED) is 0.109. The molecule has 0 saturated heterocycles. The Balaban J connectivity index is 1.29. The number of hydrogen-bond donors (Lipinski definition) is 0. The Kier molecular flexibility index (Phi) is 12.3. The highest BCUT2D eigenvalue weighted by Gasteiger charge is 2.27. The predicted molar refractivity (Wildman–Crippen MR) is 264 cm³/mol. The van der Waals surface area contributed by atoms with E-state index in [0.717, 1.165) is 45.0 Å². The van der Waals surface area contributed by atoms with E-state index in [0.29, 0.717) is 35.5 Å². The van der Waals surface area contributed by atoms with Crippen molar-refractivity contribution in [2.45, 2.75) is 119 Å². The van der Waals surface area contributed by atoms with Crippen molar-refractivity contribution in [2.75, 3.05) is 0 Å². The molecule has 0 aliphatic heterocycles. The Morgan fingerprint density at radius 2 is 1.02 bits per heavy atom. The third kappa shape index (κ3) is 8.51. The van der Waals surface area contributed by atoms with Gasteiger partial charge in [-0.3, -0.25) is 0 Å². The molecule has 0 amide bonds. The molecule has 8 aromatic rings. The Hall–Kier alpha value is -6.20. The van der Waals surface area contributed by atoms with Crippen molar-refractivity contribution in [1.82, 2.24) is 14.1 Å². The van der Waals surface area contributed by atoms with Crippen molar-refractivity contribution < 1.29 is 9.30 Å². The van der Waals surface area contributed by atoms with Crippen LogP contribution in [0.2, 0.25) is 0 Å².